The summed E-state index contributed by atoms with van der Waals surface area (Å²) in [4.78, 5) is 11.2. The van der Waals surface area contributed by atoms with Crippen molar-refractivity contribution in [3.05, 3.63) is 11.6 Å². The van der Waals surface area contributed by atoms with Gasteiger partial charge in [0.2, 0.25) is 0 Å². The van der Waals surface area contributed by atoms with Crippen molar-refractivity contribution in [2.75, 3.05) is 13.2 Å². The van der Waals surface area contributed by atoms with Crippen LogP contribution in [0.5, 0.6) is 0 Å². The second-order valence-corrected chi connectivity index (χ2v) is 5.73. The molecule has 0 bridgehead atoms. The molecule has 0 aromatic heterocycles. The summed E-state index contributed by atoms with van der Waals surface area (Å²) >= 11 is 0. The van der Waals surface area contributed by atoms with Crippen LogP contribution in [0.25, 0.3) is 0 Å². The first-order valence-electron chi connectivity index (χ1n) is 6.73. The van der Waals surface area contributed by atoms with Crippen LogP contribution in [0.4, 0.5) is 0 Å². The van der Waals surface area contributed by atoms with Gasteiger partial charge in [-0.05, 0) is 6.08 Å². The van der Waals surface area contributed by atoms with Crippen molar-refractivity contribution in [2.24, 2.45) is 0 Å². The van der Waals surface area contributed by atoms with E-state index in [0.717, 1.165) is 6.08 Å². The Labute approximate surface area is 126 Å². The Kier molecular flexibility index (Phi) is 6.04. The molecule has 1 aliphatic rings. The number of carboxylic acid groups (broad SMARTS) is 1. The summed E-state index contributed by atoms with van der Waals surface area (Å²) in [6.45, 7) is -1.46. The summed E-state index contributed by atoms with van der Waals surface area (Å²) in [5.74, 6) is -1.44. The van der Waals surface area contributed by atoms with E-state index in [0.29, 0.717) is 0 Å². The molecule has 0 aromatic rings. The normalized spacial score (nSPS) is 34.9. The minimum absolute atomic E-state index is 0.412. The van der Waals surface area contributed by atoms with E-state index in [4.69, 9.17) is 15.3 Å². The van der Waals surface area contributed by atoms with Gasteiger partial charge in [0.1, 0.15) is 17.3 Å². The van der Waals surface area contributed by atoms with Crippen molar-refractivity contribution in [1.29, 1.82) is 0 Å². The molecule has 5 unspecified atom stereocenters. The zero-order chi connectivity index (χ0) is 17.1. The second kappa shape index (κ2) is 7.01. The summed E-state index contributed by atoms with van der Waals surface area (Å²) < 4.78 is 0. The van der Waals surface area contributed by atoms with E-state index >= 15 is 0 Å². The van der Waals surface area contributed by atoms with Gasteiger partial charge in [-0.25, -0.2) is 4.79 Å². The molecule has 0 spiro atoms. The summed E-state index contributed by atoms with van der Waals surface area (Å²) in [6.07, 6.45) is -5.73. The first-order valence-corrected chi connectivity index (χ1v) is 6.73. The average Bonchev–Trinajstić information content (AvgIpc) is 2.43. The number of hydrogen-bond acceptors (Lipinski definition) is 8. The lowest BCUT2D eigenvalue weighted by Gasteiger charge is -2.46. The molecule has 0 fully saturated rings. The first kappa shape index (κ1) is 19.0. The van der Waals surface area contributed by atoms with E-state index in [1.165, 1.54) is 0 Å². The Hall–Kier alpha value is -1.07. The van der Waals surface area contributed by atoms with E-state index < -0.39 is 73.5 Å². The van der Waals surface area contributed by atoms with Crippen molar-refractivity contribution in [3.8, 4) is 0 Å². The molecule has 1 aliphatic carbocycles. The average molecular weight is 322 g/mol. The van der Waals surface area contributed by atoms with E-state index in [2.05, 4.69) is 0 Å². The third kappa shape index (κ3) is 4.02. The van der Waals surface area contributed by atoms with E-state index in [9.17, 15) is 30.3 Å². The van der Waals surface area contributed by atoms with E-state index in [1.54, 1.807) is 0 Å². The zero-order valence-corrected chi connectivity index (χ0v) is 11.8. The standard InChI is InChI=1S/C13H22O9/c14-5-8(16)3-12(21)1-7(10(18)19)2-13(22,11(12)20)4-9(17)6-15/h1,8-9,11,14-17,20-22H,2-6H2,(H,18,19). The van der Waals surface area contributed by atoms with Crippen LogP contribution in [0, 0.1) is 0 Å². The quantitative estimate of drug-likeness (QED) is 0.238. The lowest BCUT2D eigenvalue weighted by molar-refractivity contribution is -0.186. The molecule has 0 saturated carbocycles. The van der Waals surface area contributed by atoms with Crippen molar-refractivity contribution >= 4 is 5.97 Å². The van der Waals surface area contributed by atoms with Crippen LogP contribution < -0.4 is 0 Å². The summed E-state index contributed by atoms with van der Waals surface area (Å²) in [6, 6.07) is 0. The molecule has 5 atom stereocenters. The molecule has 0 aliphatic heterocycles. The predicted octanol–water partition coefficient (Wildman–Crippen LogP) is -3.29. The highest BCUT2D eigenvalue weighted by atomic mass is 16.4. The van der Waals surface area contributed by atoms with Gasteiger partial charge >= 0.3 is 5.97 Å². The molecule has 0 saturated heterocycles. The van der Waals surface area contributed by atoms with Crippen molar-refractivity contribution in [1.82, 2.24) is 0 Å². The topological polar surface area (TPSA) is 179 Å². The molecule has 0 heterocycles. The second-order valence-electron chi connectivity index (χ2n) is 5.73. The number of carbonyl (C=O) groups is 1. The molecule has 0 aromatic carbocycles. The number of aliphatic carboxylic acids is 1. The fraction of sp³-hybridized carbons (Fsp3) is 0.769. The summed E-state index contributed by atoms with van der Waals surface area (Å²) in [7, 11) is 0. The molecular formula is C13H22O9. The molecular weight excluding hydrogens is 300 g/mol. The van der Waals surface area contributed by atoms with Crippen LogP contribution in [0.2, 0.25) is 0 Å². The Morgan fingerprint density at radius 1 is 1.18 bits per heavy atom. The molecule has 0 amide bonds. The highest BCUT2D eigenvalue weighted by Gasteiger charge is 2.53. The maximum absolute atomic E-state index is 11.2. The largest absolute Gasteiger partial charge is 0.478 e. The van der Waals surface area contributed by atoms with Gasteiger partial charge < -0.3 is 40.9 Å². The molecule has 8 N–H and O–H groups in total. The lowest BCUT2D eigenvalue weighted by Crippen LogP contribution is -2.61. The molecule has 128 valence electrons. The molecule has 9 nitrogen and oxygen atoms in total. The smallest absolute Gasteiger partial charge is 0.331 e. The molecule has 9 heteroatoms. The van der Waals surface area contributed by atoms with Crippen LogP contribution in [-0.2, 0) is 4.79 Å². The fourth-order valence-electron chi connectivity index (χ4n) is 2.73. The van der Waals surface area contributed by atoms with Gasteiger partial charge in [-0.15, -0.1) is 0 Å². The van der Waals surface area contributed by atoms with E-state index in [1.807, 2.05) is 0 Å². The zero-order valence-electron chi connectivity index (χ0n) is 11.8. The maximum Gasteiger partial charge on any atom is 0.331 e. The lowest BCUT2D eigenvalue weighted by atomic mass is 9.69. The molecule has 0 radical (unpaired) electrons. The van der Waals surface area contributed by atoms with Crippen molar-refractivity contribution < 1.29 is 45.6 Å². The first-order chi connectivity index (χ1) is 10.1. The number of aliphatic hydroxyl groups is 7. The van der Waals surface area contributed by atoms with Gasteiger partial charge in [0, 0.05) is 24.8 Å². The van der Waals surface area contributed by atoms with Crippen molar-refractivity contribution in [2.45, 2.75) is 48.8 Å². The van der Waals surface area contributed by atoms with Crippen LogP contribution in [-0.4, -0.2) is 89.5 Å². The summed E-state index contributed by atoms with van der Waals surface area (Å²) in [5.41, 5.74) is -4.93. The Morgan fingerprint density at radius 2 is 1.68 bits per heavy atom. The molecule has 1 rings (SSSR count). The van der Waals surface area contributed by atoms with Crippen molar-refractivity contribution in [3.63, 3.8) is 0 Å². The number of hydrogen-bond donors (Lipinski definition) is 8. The number of aliphatic hydroxyl groups excluding tert-OH is 5. The highest BCUT2D eigenvalue weighted by Crippen LogP contribution is 2.40. The minimum Gasteiger partial charge on any atom is -0.478 e. The van der Waals surface area contributed by atoms with Crippen LogP contribution in [0.3, 0.4) is 0 Å². The van der Waals surface area contributed by atoms with Crippen LogP contribution in [0.15, 0.2) is 11.6 Å². The number of carboxylic acids is 1. The fourth-order valence-corrected chi connectivity index (χ4v) is 2.73. The van der Waals surface area contributed by atoms with Gasteiger partial charge in [-0.3, -0.25) is 0 Å². The van der Waals surface area contributed by atoms with Gasteiger partial charge in [0.15, 0.2) is 0 Å². The molecule has 22 heavy (non-hydrogen) atoms. The maximum atomic E-state index is 11.2. The summed E-state index contributed by atoms with van der Waals surface area (Å²) in [5, 5.41) is 76.7. The Morgan fingerprint density at radius 3 is 2.14 bits per heavy atom. The highest BCUT2D eigenvalue weighted by molar-refractivity contribution is 5.87. The Bertz CT molecular complexity index is 437. The monoisotopic (exact) mass is 322 g/mol. The SMILES string of the molecule is O=C(O)C1=CC(O)(CC(O)CO)C(O)C(O)(CC(O)CO)C1. The Balaban J connectivity index is 3.19. The van der Waals surface area contributed by atoms with Gasteiger partial charge in [0.25, 0.3) is 0 Å². The van der Waals surface area contributed by atoms with Crippen LogP contribution in [0.1, 0.15) is 19.3 Å². The third-order valence-electron chi connectivity index (χ3n) is 3.75. The predicted molar refractivity (Wildman–Crippen MR) is 71.7 cm³/mol. The number of rotatable bonds is 7. The third-order valence-corrected chi connectivity index (χ3v) is 3.75. The minimum atomic E-state index is -2.31. The van der Waals surface area contributed by atoms with Gasteiger partial charge in [-0.2, -0.15) is 0 Å². The van der Waals surface area contributed by atoms with Gasteiger partial charge in [0.05, 0.1) is 25.4 Å². The van der Waals surface area contributed by atoms with E-state index in [-0.39, 0.29) is 0 Å². The van der Waals surface area contributed by atoms with Crippen LogP contribution >= 0.6 is 0 Å². The van der Waals surface area contributed by atoms with Gasteiger partial charge in [-0.1, -0.05) is 0 Å².